The Kier molecular flexibility index (Phi) is 5.08. The molecule has 1 fully saturated rings. The highest BCUT2D eigenvalue weighted by Crippen LogP contribution is 2.18. The van der Waals surface area contributed by atoms with Crippen LogP contribution < -0.4 is 10.2 Å². The van der Waals surface area contributed by atoms with Crippen LogP contribution in [0.2, 0.25) is 0 Å². The molecule has 1 amide bonds. The topological polar surface area (TPSA) is 58.1 Å². The number of benzene rings is 1. The average molecular weight is 324 g/mol. The van der Waals surface area contributed by atoms with Gasteiger partial charge in [-0.05, 0) is 44.4 Å². The molecular weight excluding hydrogens is 300 g/mol. The number of aromatic nitrogens is 2. The summed E-state index contributed by atoms with van der Waals surface area (Å²) in [7, 11) is 0. The van der Waals surface area contributed by atoms with Gasteiger partial charge in [0.25, 0.3) is 5.91 Å². The molecule has 5 nitrogen and oxygen atoms in total. The average Bonchev–Trinajstić information content (AvgIpc) is 2.87. The molecule has 126 valence electrons. The maximum absolute atomic E-state index is 12.5. The van der Waals surface area contributed by atoms with E-state index in [1.54, 1.807) is 12.3 Å². The summed E-state index contributed by atoms with van der Waals surface area (Å²) in [6, 6.07) is 7.64. The molecular formula is C19H24N4O. The van der Waals surface area contributed by atoms with E-state index in [1.807, 2.05) is 26.0 Å². The number of carbonyl (C=O) groups is 1. The molecule has 0 radical (unpaired) electrons. The van der Waals surface area contributed by atoms with E-state index in [4.69, 9.17) is 0 Å². The Bertz CT molecular complexity index is 721. The molecule has 0 atom stereocenters. The van der Waals surface area contributed by atoms with Gasteiger partial charge in [0.1, 0.15) is 5.69 Å². The van der Waals surface area contributed by atoms with Gasteiger partial charge in [-0.1, -0.05) is 30.5 Å². The van der Waals surface area contributed by atoms with E-state index in [0.29, 0.717) is 11.6 Å². The van der Waals surface area contributed by atoms with Crippen molar-refractivity contribution in [1.29, 1.82) is 0 Å². The summed E-state index contributed by atoms with van der Waals surface area (Å²) in [6.45, 7) is 5.95. The molecule has 1 aromatic heterocycles. The van der Waals surface area contributed by atoms with Gasteiger partial charge in [0.2, 0.25) is 5.95 Å². The van der Waals surface area contributed by atoms with Gasteiger partial charge in [-0.2, -0.15) is 0 Å². The van der Waals surface area contributed by atoms with Crippen molar-refractivity contribution in [3.63, 3.8) is 0 Å². The SMILES string of the molecule is Cc1ccc(NC(=O)c2ccnc(N3CCCCCC3)n2)c(C)c1. The predicted octanol–water partition coefficient (Wildman–Crippen LogP) is 3.73. The first-order valence-corrected chi connectivity index (χ1v) is 8.60. The number of aryl methyl sites for hydroxylation is 2. The minimum absolute atomic E-state index is 0.194. The number of anilines is 2. The summed E-state index contributed by atoms with van der Waals surface area (Å²) in [5.74, 6) is 0.464. The number of nitrogens with one attached hydrogen (secondary N) is 1. The van der Waals surface area contributed by atoms with Crippen LogP contribution >= 0.6 is 0 Å². The van der Waals surface area contributed by atoms with Gasteiger partial charge in [-0.3, -0.25) is 4.79 Å². The van der Waals surface area contributed by atoms with Crippen molar-refractivity contribution in [2.24, 2.45) is 0 Å². The molecule has 3 rings (SSSR count). The van der Waals surface area contributed by atoms with Gasteiger partial charge in [0.15, 0.2) is 0 Å². The maximum atomic E-state index is 12.5. The molecule has 1 aliphatic heterocycles. The Morgan fingerprint density at radius 3 is 2.54 bits per heavy atom. The fourth-order valence-corrected chi connectivity index (χ4v) is 3.04. The highest BCUT2D eigenvalue weighted by atomic mass is 16.1. The van der Waals surface area contributed by atoms with Crippen LogP contribution in [0.1, 0.15) is 47.3 Å². The molecule has 0 saturated carbocycles. The van der Waals surface area contributed by atoms with Crippen molar-refractivity contribution < 1.29 is 4.79 Å². The molecule has 2 aromatic rings. The summed E-state index contributed by atoms with van der Waals surface area (Å²) in [5, 5.41) is 2.95. The summed E-state index contributed by atoms with van der Waals surface area (Å²) >= 11 is 0. The minimum Gasteiger partial charge on any atom is -0.341 e. The van der Waals surface area contributed by atoms with E-state index >= 15 is 0 Å². The minimum atomic E-state index is -0.194. The van der Waals surface area contributed by atoms with E-state index < -0.39 is 0 Å². The molecule has 1 aromatic carbocycles. The summed E-state index contributed by atoms with van der Waals surface area (Å²) < 4.78 is 0. The Balaban J connectivity index is 1.76. The van der Waals surface area contributed by atoms with Crippen molar-refractivity contribution >= 4 is 17.5 Å². The second kappa shape index (κ2) is 7.43. The van der Waals surface area contributed by atoms with Gasteiger partial charge in [0.05, 0.1) is 0 Å². The van der Waals surface area contributed by atoms with Crippen molar-refractivity contribution in [2.45, 2.75) is 39.5 Å². The molecule has 0 spiro atoms. The van der Waals surface area contributed by atoms with Gasteiger partial charge < -0.3 is 10.2 Å². The monoisotopic (exact) mass is 324 g/mol. The third kappa shape index (κ3) is 3.91. The van der Waals surface area contributed by atoms with E-state index in [1.165, 1.54) is 18.4 Å². The zero-order chi connectivity index (χ0) is 16.9. The van der Waals surface area contributed by atoms with E-state index in [-0.39, 0.29) is 5.91 Å². The van der Waals surface area contributed by atoms with Crippen LogP contribution in [0.4, 0.5) is 11.6 Å². The van der Waals surface area contributed by atoms with E-state index in [2.05, 4.69) is 26.3 Å². The van der Waals surface area contributed by atoms with Crippen LogP contribution in [-0.4, -0.2) is 29.0 Å². The molecule has 0 bridgehead atoms. The second-order valence-electron chi connectivity index (χ2n) is 6.42. The number of hydrogen-bond acceptors (Lipinski definition) is 4. The van der Waals surface area contributed by atoms with Crippen LogP contribution in [0.25, 0.3) is 0 Å². The van der Waals surface area contributed by atoms with E-state index in [9.17, 15) is 4.79 Å². The fourth-order valence-electron chi connectivity index (χ4n) is 3.04. The molecule has 0 unspecified atom stereocenters. The fraction of sp³-hybridized carbons (Fsp3) is 0.421. The van der Waals surface area contributed by atoms with Gasteiger partial charge >= 0.3 is 0 Å². The van der Waals surface area contributed by atoms with Crippen LogP contribution in [0, 0.1) is 13.8 Å². The summed E-state index contributed by atoms with van der Waals surface area (Å²) in [5.41, 5.74) is 3.45. The number of carbonyl (C=O) groups excluding carboxylic acids is 1. The Labute approximate surface area is 143 Å². The molecule has 1 saturated heterocycles. The highest BCUT2D eigenvalue weighted by molar-refractivity contribution is 6.03. The molecule has 24 heavy (non-hydrogen) atoms. The van der Waals surface area contributed by atoms with Crippen LogP contribution in [0.15, 0.2) is 30.5 Å². The van der Waals surface area contributed by atoms with Crippen LogP contribution in [-0.2, 0) is 0 Å². The number of rotatable bonds is 3. The van der Waals surface area contributed by atoms with Crippen molar-refractivity contribution in [2.75, 3.05) is 23.3 Å². The molecule has 2 heterocycles. The summed E-state index contributed by atoms with van der Waals surface area (Å²) in [4.78, 5) is 23.6. The first-order valence-electron chi connectivity index (χ1n) is 8.60. The van der Waals surface area contributed by atoms with Crippen molar-refractivity contribution in [3.05, 3.63) is 47.3 Å². The predicted molar refractivity (Wildman–Crippen MR) is 96.6 cm³/mol. The standard InChI is InChI=1S/C19H24N4O/c1-14-7-8-16(15(2)13-14)21-18(24)17-9-10-20-19(22-17)23-11-5-3-4-6-12-23/h7-10,13H,3-6,11-12H2,1-2H3,(H,21,24). The quantitative estimate of drug-likeness (QED) is 0.934. The largest absolute Gasteiger partial charge is 0.341 e. The third-order valence-electron chi connectivity index (χ3n) is 4.39. The number of hydrogen-bond donors (Lipinski definition) is 1. The van der Waals surface area contributed by atoms with Crippen molar-refractivity contribution in [1.82, 2.24) is 9.97 Å². The third-order valence-corrected chi connectivity index (χ3v) is 4.39. The lowest BCUT2D eigenvalue weighted by Gasteiger charge is -2.20. The molecule has 5 heteroatoms. The smallest absolute Gasteiger partial charge is 0.274 e. The lowest BCUT2D eigenvalue weighted by molar-refractivity contribution is 0.102. The highest BCUT2D eigenvalue weighted by Gasteiger charge is 2.15. The Hall–Kier alpha value is -2.43. The maximum Gasteiger partial charge on any atom is 0.274 e. The zero-order valence-electron chi connectivity index (χ0n) is 14.4. The number of amides is 1. The lowest BCUT2D eigenvalue weighted by atomic mass is 10.1. The van der Waals surface area contributed by atoms with E-state index in [0.717, 1.165) is 37.2 Å². The Morgan fingerprint density at radius 2 is 1.83 bits per heavy atom. The molecule has 1 N–H and O–H groups in total. The van der Waals surface area contributed by atoms with Crippen LogP contribution in [0.3, 0.4) is 0 Å². The molecule has 0 aliphatic carbocycles. The van der Waals surface area contributed by atoms with Gasteiger partial charge in [-0.15, -0.1) is 0 Å². The lowest BCUT2D eigenvalue weighted by Crippen LogP contribution is -2.27. The normalized spacial score (nSPS) is 15.0. The number of nitrogens with zero attached hydrogens (tertiary/aromatic N) is 3. The Morgan fingerprint density at radius 1 is 1.08 bits per heavy atom. The van der Waals surface area contributed by atoms with Crippen molar-refractivity contribution in [3.8, 4) is 0 Å². The first kappa shape index (κ1) is 16.4. The molecule has 1 aliphatic rings. The van der Waals surface area contributed by atoms with Gasteiger partial charge in [0, 0.05) is 25.0 Å². The van der Waals surface area contributed by atoms with Gasteiger partial charge in [-0.25, -0.2) is 9.97 Å². The zero-order valence-corrected chi connectivity index (χ0v) is 14.4. The first-order chi connectivity index (χ1) is 11.6. The van der Waals surface area contributed by atoms with Crippen LogP contribution in [0.5, 0.6) is 0 Å². The second-order valence-corrected chi connectivity index (χ2v) is 6.42. The summed E-state index contributed by atoms with van der Waals surface area (Å²) in [6.07, 6.45) is 6.49.